The summed E-state index contributed by atoms with van der Waals surface area (Å²) < 4.78 is 11.9. The Balaban J connectivity index is 1.88. The third-order valence-electron chi connectivity index (χ3n) is 7.35. The maximum atomic E-state index is 13.9. The van der Waals surface area contributed by atoms with E-state index in [1.165, 1.54) is 0 Å². The molecule has 1 spiro atoms. The van der Waals surface area contributed by atoms with Crippen molar-refractivity contribution in [2.24, 2.45) is 11.8 Å². The molecule has 0 aromatic heterocycles. The van der Waals surface area contributed by atoms with Gasteiger partial charge in [0.15, 0.2) is 0 Å². The molecule has 34 heavy (non-hydrogen) atoms. The van der Waals surface area contributed by atoms with E-state index in [9.17, 15) is 19.5 Å². The van der Waals surface area contributed by atoms with Crippen LogP contribution >= 0.6 is 0 Å². The molecule has 3 fully saturated rings. The number of ether oxygens (including phenoxy) is 2. The zero-order valence-corrected chi connectivity index (χ0v) is 20.5. The van der Waals surface area contributed by atoms with Crippen LogP contribution in [-0.4, -0.2) is 83.3 Å². The number of unbranched alkanes of at least 4 members (excludes halogenated alkanes) is 3. The number of carbonyl (C=O) groups excluding carboxylic acids is 3. The fraction of sp³-hybridized carbons (Fsp3) is 0.731. The van der Waals surface area contributed by atoms with E-state index in [4.69, 9.17) is 9.47 Å². The van der Waals surface area contributed by atoms with Crippen molar-refractivity contribution in [3.8, 4) is 0 Å². The van der Waals surface area contributed by atoms with Crippen LogP contribution in [0.3, 0.4) is 0 Å². The zero-order valence-electron chi connectivity index (χ0n) is 20.5. The van der Waals surface area contributed by atoms with Gasteiger partial charge >= 0.3 is 5.97 Å². The lowest BCUT2D eigenvalue weighted by molar-refractivity contribution is -0.155. The van der Waals surface area contributed by atoms with Crippen molar-refractivity contribution in [1.29, 1.82) is 0 Å². The number of likely N-dealkylation sites (tertiary alicyclic amines) is 1. The molecule has 0 saturated carbocycles. The van der Waals surface area contributed by atoms with Crippen molar-refractivity contribution >= 4 is 17.8 Å². The first-order valence-corrected chi connectivity index (χ1v) is 12.7. The lowest BCUT2D eigenvalue weighted by Gasteiger charge is -2.36. The monoisotopic (exact) mass is 476 g/mol. The van der Waals surface area contributed by atoms with Crippen molar-refractivity contribution in [3.63, 3.8) is 0 Å². The molecule has 3 saturated heterocycles. The first kappa shape index (κ1) is 26.4. The number of nitrogens with zero attached hydrogens (tertiary/aromatic N) is 2. The van der Waals surface area contributed by atoms with Crippen LogP contribution in [0, 0.1) is 11.8 Å². The maximum Gasteiger partial charge on any atom is 0.312 e. The molecule has 0 aromatic carbocycles. The van der Waals surface area contributed by atoms with Gasteiger partial charge < -0.3 is 24.4 Å². The first-order valence-electron chi connectivity index (χ1n) is 12.7. The molecule has 8 heteroatoms. The van der Waals surface area contributed by atoms with E-state index in [0.717, 1.165) is 25.7 Å². The number of aliphatic hydroxyl groups excluding tert-OH is 1. The first-order chi connectivity index (χ1) is 16.5. The Morgan fingerprint density at radius 2 is 2.06 bits per heavy atom. The van der Waals surface area contributed by atoms with Gasteiger partial charge in [-0.15, -0.1) is 13.2 Å². The number of rotatable bonds is 15. The summed E-state index contributed by atoms with van der Waals surface area (Å²) in [5, 5.41) is 9.43. The van der Waals surface area contributed by atoms with Gasteiger partial charge in [-0.25, -0.2) is 0 Å². The molecule has 5 atom stereocenters. The van der Waals surface area contributed by atoms with E-state index in [2.05, 4.69) is 20.1 Å². The Labute approximate surface area is 202 Å². The van der Waals surface area contributed by atoms with Gasteiger partial charge in [-0.3, -0.25) is 14.4 Å². The smallest absolute Gasteiger partial charge is 0.312 e. The maximum absolute atomic E-state index is 13.9. The van der Waals surface area contributed by atoms with E-state index >= 15 is 0 Å². The van der Waals surface area contributed by atoms with Crippen LogP contribution in [0.5, 0.6) is 0 Å². The van der Waals surface area contributed by atoms with Gasteiger partial charge in [-0.2, -0.15) is 0 Å². The molecule has 8 nitrogen and oxygen atoms in total. The van der Waals surface area contributed by atoms with Crippen molar-refractivity contribution in [2.45, 2.75) is 76.0 Å². The standard InChI is InChI=1S/C26H40N2O6/c1-4-7-9-15-27(14-6-3)24(31)22-26-13-12-19(34-26)20(25(32)33-18-10-8-5-2)21(26)23(30)28(22)16-11-17-29/h5-6,19-22,29H,2-4,7-18H2,1H3/t19-,20+,21+,22?,26?/m1/s1. The van der Waals surface area contributed by atoms with E-state index in [1.807, 2.05) is 0 Å². The second-order valence-electron chi connectivity index (χ2n) is 9.54. The minimum absolute atomic E-state index is 0.0898. The quantitative estimate of drug-likeness (QED) is 0.222. The highest BCUT2D eigenvalue weighted by Gasteiger charge is 2.74. The highest BCUT2D eigenvalue weighted by atomic mass is 16.6. The third-order valence-corrected chi connectivity index (χ3v) is 7.35. The van der Waals surface area contributed by atoms with Crippen LogP contribution in [-0.2, 0) is 23.9 Å². The zero-order chi connectivity index (χ0) is 24.7. The number of esters is 1. The van der Waals surface area contributed by atoms with Crippen LogP contribution in [0.1, 0.15) is 58.3 Å². The number of amides is 2. The van der Waals surface area contributed by atoms with Gasteiger partial charge in [0, 0.05) is 26.2 Å². The lowest BCUT2D eigenvalue weighted by atomic mass is 9.70. The summed E-state index contributed by atoms with van der Waals surface area (Å²) in [6, 6.07) is -0.804. The van der Waals surface area contributed by atoms with E-state index in [0.29, 0.717) is 38.8 Å². The average molecular weight is 477 g/mol. The lowest BCUT2D eigenvalue weighted by Crippen LogP contribution is -2.56. The number of allylic oxidation sites excluding steroid dienone is 1. The number of hydrogen-bond acceptors (Lipinski definition) is 6. The molecule has 0 aromatic rings. The van der Waals surface area contributed by atoms with Gasteiger partial charge in [-0.05, 0) is 38.5 Å². The van der Waals surface area contributed by atoms with Crippen LogP contribution in [0.4, 0.5) is 0 Å². The Hall–Kier alpha value is -2.19. The molecule has 2 unspecified atom stereocenters. The second kappa shape index (κ2) is 12.0. The predicted octanol–water partition coefficient (Wildman–Crippen LogP) is 2.46. The molecule has 3 rings (SSSR count). The topological polar surface area (TPSA) is 96.4 Å². The van der Waals surface area contributed by atoms with Gasteiger partial charge in [-0.1, -0.05) is 31.9 Å². The fourth-order valence-corrected chi connectivity index (χ4v) is 5.85. The Kier molecular flexibility index (Phi) is 9.31. The van der Waals surface area contributed by atoms with Crippen LogP contribution < -0.4 is 0 Å². The summed E-state index contributed by atoms with van der Waals surface area (Å²) >= 11 is 0. The average Bonchev–Trinajstić information content (AvgIpc) is 3.47. The van der Waals surface area contributed by atoms with Crippen LogP contribution in [0.15, 0.2) is 25.3 Å². The van der Waals surface area contributed by atoms with E-state index in [-0.39, 0.29) is 31.6 Å². The molecule has 0 radical (unpaired) electrons. The third kappa shape index (κ3) is 4.93. The Morgan fingerprint density at radius 3 is 2.74 bits per heavy atom. The van der Waals surface area contributed by atoms with Gasteiger partial charge in [0.1, 0.15) is 11.6 Å². The van der Waals surface area contributed by atoms with Gasteiger partial charge in [0.05, 0.1) is 24.5 Å². The number of hydrogen-bond donors (Lipinski definition) is 1. The fourth-order valence-electron chi connectivity index (χ4n) is 5.85. The van der Waals surface area contributed by atoms with Crippen LogP contribution in [0.25, 0.3) is 0 Å². The van der Waals surface area contributed by atoms with Crippen LogP contribution in [0.2, 0.25) is 0 Å². The number of carbonyl (C=O) groups is 3. The molecule has 3 aliphatic heterocycles. The molecular weight excluding hydrogens is 436 g/mol. The highest BCUT2D eigenvalue weighted by Crippen LogP contribution is 2.58. The minimum atomic E-state index is -1.02. The SMILES string of the molecule is C=CCCCOC(=O)[C@@H]1[C@H]2C(=O)N(CCCO)C(C(=O)N(CC=C)CCCCC)C23CC[C@H]1O3. The molecule has 2 bridgehead atoms. The minimum Gasteiger partial charge on any atom is -0.465 e. The summed E-state index contributed by atoms with van der Waals surface area (Å²) in [5.41, 5.74) is -1.02. The van der Waals surface area contributed by atoms with E-state index < -0.39 is 35.6 Å². The highest BCUT2D eigenvalue weighted by molar-refractivity contribution is 5.98. The predicted molar refractivity (Wildman–Crippen MR) is 128 cm³/mol. The van der Waals surface area contributed by atoms with Crippen molar-refractivity contribution in [2.75, 3.05) is 32.8 Å². The molecular formula is C26H40N2O6. The Morgan fingerprint density at radius 1 is 1.26 bits per heavy atom. The second-order valence-corrected chi connectivity index (χ2v) is 9.54. The normalized spacial score (nSPS) is 29.2. The summed E-state index contributed by atoms with van der Waals surface area (Å²) in [4.78, 5) is 43.9. The molecule has 3 heterocycles. The summed E-state index contributed by atoms with van der Waals surface area (Å²) in [5.74, 6) is -2.26. The van der Waals surface area contributed by atoms with Crippen molar-refractivity contribution in [1.82, 2.24) is 9.80 Å². The van der Waals surface area contributed by atoms with Gasteiger partial charge in [0.25, 0.3) is 0 Å². The Bertz CT molecular complexity index is 770. The molecule has 0 aliphatic carbocycles. The molecule has 190 valence electrons. The number of aliphatic hydroxyl groups is 1. The largest absolute Gasteiger partial charge is 0.465 e. The molecule has 3 aliphatic rings. The molecule has 2 amide bonds. The molecule has 1 N–H and O–H groups in total. The van der Waals surface area contributed by atoms with E-state index in [1.54, 1.807) is 22.0 Å². The van der Waals surface area contributed by atoms with Crippen molar-refractivity contribution in [3.05, 3.63) is 25.3 Å². The van der Waals surface area contributed by atoms with Crippen molar-refractivity contribution < 1.29 is 29.0 Å². The summed E-state index contributed by atoms with van der Waals surface area (Å²) in [6.45, 7) is 11.0. The summed E-state index contributed by atoms with van der Waals surface area (Å²) in [6.07, 6.45) is 8.91. The summed E-state index contributed by atoms with van der Waals surface area (Å²) in [7, 11) is 0. The van der Waals surface area contributed by atoms with Gasteiger partial charge in [0.2, 0.25) is 11.8 Å². The number of fused-ring (bicyclic) bond motifs is 1.